The minimum Gasteiger partial charge on any atom is -0.350 e. The molecular weight excluding hydrogens is 486 g/mol. The molecule has 2 aromatic rings. The first kappa shape index (κ1) is 24.7. The number of sulfonamides is 1. The zero-order valence-corrected chi connectivity index (χ0v) is 20.0. The Kier molecular flexibility index (Phi) is 7.31. The van der Waals surface area contributed by atoms with Crippen molar-refractivity contribution in [1.29, 1.82) is 0 Å². The number of carbonyl (C=O) groups excluding carboxylic acids is 2. The fourth-order valence-corrected chi connectivity index (χ4v) is 7.11. The van der Waals surface area contributed by atoms with Crippen LogP contribution in [0.1, 0.15) is 42.5 Å². The minimum absolute atomic E-state index is 0.0371. The van der Waals surface area contributed by atoms with E-state index in [0.717, 1.165) is 51.6 Å². The molecule has 2 aliphatic rings. The summed E-state index contributed by atoms with van der Waals surface area (Å²) in [7, 11) is -4.08. The molecule has 1 aromatic carbocycles. The van der Waals surface area contributed by atoms with E-state index in [1.54, 1.807) is 11.4 Å². The second-order valence-corrected chi connectivity index (χ2v) is 11.6. The minimum atomic E-state index is -4.08. The molecule has 1 saturated heterocycles. The summed E-state index contributed by atoms with van der Waals surface area (Å²) in [6, 6.07) is 5.59. The van der Waals surface area contributed by atoms with Crippen LogP contribution in [0.3, 0.4) is 0 Å². The van der Waals surface area contributed by atoms with Gasteiger partial charge in [0, 0.05) is 30.7 Å². The van der Waals surface area contributed by atoms with Gasteiger partial charge < -0.3 is 16.0 Å². The maximum Gasteiger partial charge on any atom is 0.259 e. The Bertz CT molecular complexity index is 1150. The predicted octanol–water partition coefficient (Wildman–Crippen LogP) is 2.28. The van der Waals surface area contributed by atoms with Crippen LogP contribution in [-0.4, -0.2) is 60.8 Å². The van der Waals surface area contributed by atoms with Crippen molar-refractivity contribution in [1.82, 2.24) is 14.5 Å². The highest BCUT2D eigenvalue weighted by molar-refractivity contribution is 7.91. The lowest BCUT2D eigenvalue weighted by molar-refractivity contribution is -0.132. The number of benzene rings is 1. The number of rotatable bonds is 5. The molecule has 4 rings (SSSR count). The number of nitrogens with zero attached hydrogens (tertiary/aromatic N) is 2. The van der Waals surface area contributed by atoms with E-state index >= 15 is 0 Å². The first-order chi connectivity index (χ1) is 16.2. The highest BCUT2D eigenvalue weighted by atomic mass is 32.2. The van der Waals surface area contributed by atoms with Crippen molar-refractivity contribution in [2.24, 2.45) is 5.73 Å². The number of hydrogen-bond donors (Lipinski definition) is 2. The summed E-state index contributed by atoms with van der Waals surface area (Å²) in [4.78, 5) is 27.9. The summed E-state index contributed by atoms with van der Waals surface area (Å²) in [5, 5.41) is 4.50. The van der Waals surface area contributed by atoms with Crippen LogP contribution in [0.25, 0.3) is 0 Å². The summed E-state index contributed by atoms with van der Waals surface area (Å²) in [5.74, 6) is -3.70. The fourth-order valence-electron chi connectivity index (χ4n) is 4.39. The van der Waals surface area contributed by atoms with Gasteiger partial charge >= 0.3 is 0 Å². The van der Waals surface area contributed by atoms with Crippen molar-refractivity contribution in [3.8, 4) is 0 Å². The Hall–Kier alpha value is -2.41. The number of halogens is 2. The van der Waals surface area contributed by atoms with Crippen LogP contribution in [0.5, 0.6) is 0 Å². The number of nitrogens with two attached hydrogens (primary N) is 1. The second-order valence-electron chi connectivity index (χ2n) is 8.52. The largest absolute Gasteiger partial charge is 0.350 e. The van der Waals surface area contributed by atoms with Gasteiger partial charge in [0.1, 0.15) is 4.21 Å². The molecule has 184 valence electrons. The van der Waals surface area contributed by atoms with Gasteiger partial charge in [-0.15, -0.1) is 11.3 Å². The lowest BCUT2D eigenvalue weighted by Gasteiger charge is -2.42. The number of thiophene rings is 1. The van der Waals surface area contributed by atoms with Crippen molar-refractivity contribution >= 4 is 33.2 Å². The molecule has 2 amide bonds. The summed E-state index contributed by atoms with van der Waals surface area (Å²) in [6.07, 6.45) is 1.57. The van der Waals surface area contributed by atoms with Crippen molar-refractivity contribution in [2.45, 2.75) is 54.6 Å². The lowest BCUT2D eigenvalue weighted by Crippen LogP contribution is -2.64. The fraction of sp³-hybridized carbons (Fsp3) is 0.455. The van der Waals surface area contributed by atoms with Crippen LogP contribution in [0.4, 0.5) is 8.78 Å². The molecule has 1 unspecified atom stereocenters. The Morgan fingerprint density at radius 3 is 2.44 bits per heavy atom. The van der Waals surface area contributed by atoms with E-state index in [1.165, 1.54) is 6.07 Å². The van der Waals surface area contributed by atoms with Crippen LogP contribution < -0.4 is 11.1 Å². The second kappa shape index (κ2) is 10.1. The standard InChI is InChI=1S/C22H26F2N4O4S2/c23-17-9-4-14(13-18(17)24)22(30)27-10-2-11-28(34(31,32)19-3-1-12-33-19)21(27)20(29)26-16-7-5-15(25)6-8-16/h1,3-4,9,12-13,15-16,21H,2,5-8,10-11,25H2,(H,26,29). The molecule has 1 aliphatic carbocycles. The van der Waals surface area contributed by atoms with E-state index in [4.69, 9.17) is 5.73 Å². The normalized spacial score (nSPS) is 24.1. The van der Waals surface area contributed by atoms with Gasteiger partial charge in [0.15, 0.2) is 17.8 Å². The predicted molar refractivity (Wildman–Crippen MR) is 122 cm³/mol. The average Bonchev–Trinajstić information content (AvgIpc) is 3.37. The Labute approximate surface area is 200 Å². The monoisotopic (exact) mass is 512 g/mol. The maximum absolute atomic E-state index is 13.8. The van der Waals surface area contributed by atoms with Crippen LogP contribution in [-0.2, 0) is 14.8 Å². The third kappa shape index (κ3) is 4.99. The summed E-state index contributed by atoms with van der Waals surface area (Å²) in [5.41, 5.74) is 5.77. The molecule has 12 heteroatoms. The highest BCUT2D eigenvalue weighted by Crippen LogP contribution is 2.29. The van der Waals surface area contributed by atoms with Gasteiger partial charge in [-0.2, -0.15) is 4.31 Å². The zero-order valence-electron chi connectivity index (χ0n) is 18.3. The number of hydrogen-bond acceptors (Lipinski definition) is 6. The van der Waals surface area contributed by atoms with Gasteiger partial charge in [0.25, 0.3) is 21.8 Å². The average molecular weight is 513 g/mol. The third-order valence-corrected chi connectivity index (χ3v) is 9.41. The van der Waals surface area contributed by atoms with E-state index < -0.39 is 39.6 Å². The van der Waals surface area contributed by atoms with Crippen LogP contribution in [0.15, 0.2) is 39.9 Å². The first-order valence-corrected chi connectivity index (χ1v) is 13.4. The molecule has 0 spiro atoms. The van der Waals surface area contributed by atoms with Crippen LogP contribution >= 0.6 is 11.3 Å². The summed E-state index contributed by atoms with van der Waals surface area (Å²) in [6.45, 7) is 0.122. The Balaban J connectivity index is 1.67. The molecule has 2 fully saturated rings. The molecule has 3 N–H and O–H groups in total. The molecule has 2 heterocycles. The molecule has 8 nitrogen and oxygen atoms in total. The van der Waals surface area contributed by atoms with Gasteiger partial charge in [-0.25, -0.2) is 17.2 Å². The smallest absolute Gasteiger partial charge is 0.259 e. The summed E-state index contributed by atoms with van der Waals surface area (Å²) < 4.78 is 55.1. The molecule has 1 saturated carbocycles. The maximum atomic E-state index is 13.8. The molecule has 1 atom stereocenters. The number of carbonyl (C=O) groups is 2. The first-order valence-electron chi connectivity index (χ1n) is 11.1. The van der Waals surface area contributed by atoms with Crippen molar-refractivity contribution in [2.75, 3.05) is 13.1 Å². The Morgan fingerprint density at radius 2 is 1.79 bits per heavy atom. The quantitative estimate of drug-likeness (QED) is 0.638. The molecule has 0 radical (unpaired) electrons. The molecule has 0 bridgehead atoms. The summed E-state index contributed by atoms with van der Waals surface area (Å²) >= 11 is 1.01. The van der Waals surface area contributed by atoms with Gasteiger partial charge in [-0.1, -0.05) is 6.07 Å². The van der Waals surface area contributed by atoms with Crippen molar-refractivity contribution < 1.29 is 26.8 Å². The van der Waals surface area contributed by atoms with E-state index in [2.05, 4.69) is 5.32 Å². The topological polar surface area (TPSA) is 113 Å². The lowest BCUT2D eigenvalue weighted by atomic mass is 9.92. The molecular formula is C22H26F2N4O4S2. The van der Waals surface area contributed by atoms with Gasteiger partial charge in [-0.05, 0) is 61.7 Å². The van der Waals surface area contributed by atoms with Crippen LogP contribution in [0, 0.1) is 11.6 Å². The van der Waals surface area contributed by atoms with Gasteiger partial charge in [-0.3, -0.25) is 9.59 Å². The SMILES string of the molecule is NC1CCC(NC(=O)C2N(C(=O)c3ccc(F)c(F)c3)CCCN2S(=O)(=O)c2cccs2)CC1. The number of nitrogens with one attached hydrogen (secondary N) is 1. The molecule has 1 aliphatic heterocycles. The van der Waals surface area contributed by atoms with E-state index in [0.29, 0.717) is 12.8 Å². The van der Waals surface area contributed by atoms with E-state index in [1.807, 2.05) is 0 Å². The van der Waals surface area contributed by atoms with Gasteiger partial charge in [0.05, 0.1) is 0 Å². The molecule has 34 heavy (non-hydrogen) atoms. The zero-order chi connectivity index (χ0) is 24.5. The van der Waals surface area contributed by atoms with E-state index in [9.17, 15) is 26.8 Å². The van der Waals surface area contributed by atoms with Crippen molar-refractivity contribution in [3.63, 3.8) is 0 Å². The number of amides is 2. The highest BCUT2D eigenvalue weighted by Gasteiger charge is 2.45. The van der Waals surface area contributed by atoms with Crippen LogP contribution in [0.2, 0.25) is 0 Å². The third-order valence-electron chi connectivity index (χ3n) is 6.18. The Morgan fingerprint density at radius 1 is 1.06 bits per heavy atom. The van der Waals surface area contributed by atoms with Crippen molar-refractivity contribution in [3.05, 3.63) is 52.9 Å². The van der Waals surface area contributed by atoms with E-state index in [-0.39, 0.29) is 41.4 Å². The molecule has 1 aromatic heterocycles. The van der Waals surface area contributed by atoms with Gasteiger partial charge in [0.2, 0.25) is 0 Å².